The van der Waals surface area contributed by atoms with Crippen LogP contribution in [-0.2, 0) is 0 Å². The maximum atomic E-state index is 5.34. The smallest absolute Gasteiger partial charge is 0.0237 e. The lowest BCUT2D eigenvalue weighted by molar-refractivity contribution is 0.169. The summed E-state index contributed by atoms with van der Waals surface area (Å²) >= 11 is 0. The molecule has 1 saturated heterocycles. The van der Waals surface area contributed by atoms with E-state index in [2.05, 4.69) is 24.3 Å². The van der Waals surface area contributed by atoms with Crippen molar-refractivity contribution in [3.8, 4) is 0 Å². The summed E-state index contributed by atoms with van der Waals surface area (Å²) in [4.78, 5) is 2.37. The zero-order valence-corrected chi connectivity index (χ0v) is 8.03. The number of nitrogens with two attached hydrogens (primary N) is 1. The lowest BCUT2D eigenvalue weighted by atomic mass is 10.00. The van der Waals surface area contributed by atoms with E-state index in [-0.39, 0.29) is 12.4 Å². The van der Waals surface area contributed by atoms with Gasteiger partial charge >= 0.3 is 0 Å². The van der Waals surface area contributed by atoms with E-state index in [1.807, 2.05) is 0 Å². The van der Waals surface area contributed by atoms with Gasteiger partial charge in [0.25, 0.3) is 0 Å². The highest BCUT2D eigenvalue weighted by molar-refractivity contribution is 5.85. The fourth-order valence-electron chi connectivity index (χ4n) is 1.44. The zero-order chi connectivity index (χ0) is 7.56. The van der Waals surface area contributed by atoms with Gasteiger partial charge in [0.1, 0.15) is 0 Å². The van der Waals surface area contributed by atoms with E-state index >= 15 is 0 Å². The molecule has 0 aromatic heterocycles. The van der Waals surface area contributed by atoms with Crippen LogP contribution < -0.4 is 11.3 Å². The lowest BCUT2D eigenvalue weighted by Crippen LogP contribution is -2.47. The second-order valence-electron chi connectivity index (χ2n) is 3.22. The Labute approximate surface area is 74.7 Å². The van der Waals surface area contributed by atoms with Crippen LogP contribution in [0.5, 0.6) is 0 Å². The van der Waals surface area contributed by atoms with Crippen LogP contribution in [0.3, 0.4) is 0 Å². The van der Waals surface area contributed by atoms with Gasteiger partial charge in [0.05, 0.1) is 0 Å². The number of nitrogens with zero attached hydrogens (tertiary/aromatic N) is 1. The Bertz CT molecular complexity index is 110. The summed E-state index contributed by atoms with van der Waals surface area (Å²) in [6.45, 7) is 3.40. The summed E-state index contributed by atoms with van der Waals surface area (Å²) in [5.41, 5.74) is 2.83. The Kier molecular flexibility index (Phi) is 5.01. The lowest BCUT2D eigenvalue weighted by Gasteiger charge is -2.34. The van der Waals surface area contributed by atoms with Gasteiger partial charge in [-0.2, -0.15) is 0 Å². The van der Waals surface area contributed by atoms with Crippen LogP contribution in [0.4, 0.5) is 0 Å². The molecule has 0 bridgehead atoms. The average Bonchev–Trinajstić information content (AvgIpc) is 1.95. The van der Waals surface area contributed by atoms with Gasteiger partial charge in [-0.15, -0.1) is 12.4 Å². The van der Waals surface area contributed by atoms with Gasteiger partial charge in [-0.05, 0) is 33.4 Å². The van der Waals surface area contributed by atoms with Crippen LogP contribution in [-0.4, -0.2) is 30.6 Å². The average molecular weight is 180 g/mol. The van der Waals surface area contributed by atoms with E-state index < -0.39 is 0 Å². The molecule has 1 rings (SSSR count). The maximum absolute atomic E-state index is 5.34. The summed E-state index contributed by atoms with van der Waals surface area (Å²) in [6, 6.07) is 1.21. The van der Waals surface area contributed by atoms with Crippen LogP contribution in [0.25, 0.3) is 0 Å². The molecule has 0 saturated carbocycles. The van der Waals surface area contributed by atoms with Crippen LogP contribution in [0.15, 0.2) is 0 Å². The van der Waals surface area contributed by atoms with E-state index in [0.717, 1.165) is 6.54 Å². The molecule has 0 unspecified atom stereocenters. The predicted octanol–water partition coefficient (Wildman–Crippen LogP) is 0.354. The summed E-state index contributed by atoms with van der Waals surface area (Å²) in [5.74, 6) is 5.34. The first-order valence-corrected chi connectivity index (χ1v) is 3.90. The van der Waals surface area contributed by atoms with Crippen molar-refractivity contribution in [1.29, 1.82) is 0 Å². The minimum absolute atomic E-state index is 0. The van der Waals surface area contributed by atoms with Gasteiger partial charge in [0.2, 0.25) is 0 Å². The van der Waals surface area contributed by atoms with Crippen molar-refractivity contribution in [1.82, 2.24) is 10.3 Å². The van der Waals surface area contributed by atoms with Gasteiger partial charge in [-0.1, -0.05) is 0 Å². The molecule has 68 valence electrons. The van der Waals surface area contributed by atoms with Gasteiger partial charge in [-0.3, -0.25) is 11.3 Å². The monoisotopic (exact) mass is 179 g/mol. The SMILES string of the molecule is C[C@H]1C[C@H](NN)CCN1C.Cl. The molecule has 3 nitrogen and oxygen atoms in total. The molecule has 0 amide bonds. The third-order valence-electron chi connectivity index (χ3n) is 2.44. The van der Waals surface area contributed by atoms with Gasteiger partial charge in [-0.25, -0.2) is 0 Å². The van der Waals surface area contributed by atoms with Crippen molar-refractivity contribution in [2.24, 2.45) is 5.84 Å². The molecule has 11 heavy (non-hydrogen) atoms. The molecule has 0 aromatic rings. The van der Waals surface area contributed by atoms with Crippen molar-refractivity contribution in [3.63, 3.8) is 0 Å². The standard InChI is InChI=1S/C7H17N3.ClH/c1-6-5-7(9-8)3-4-10(6)2;/h6-7,9H,3-5,8H2,1-2H3;1H/t6-,7+;/m0./s1. The normalized spacial score (nSPS) is 33.0. The number of likely N-dealkylation sites (tertiary alicyclic amines) is 1. The zero-order valence-electron chi connectivity index (χ0n) is 7.21. The number of hydrazine groups is 1. The summed E-state index contributed by atoms with van der Waals surface area (Å²) in [5, 5.41) is 0. The molecule has 1 aliphatic rings. The fraction of sp³-hybridized carbons (Fsp3) is 1.00. The Morgan fingerprint density at radius 1 is 1.55 bits per heavy atom. The van der Waals surface area contributed by atoms with Crippen LogP contribution in [0.2, 0.25) is 0 Å². The fourth-order valence-corrected chi connectivity index (χ4v) is 1.44. The molecule has 0 aromatic carbocycles. The third kappa shape index (κ3) is 2.95. The second kappa shape index (κ2) is 4.93. The number of rotatable bonds is 1. The summed E-state index contributed by atoms with van der Waals surface area (Å²) < 4.78 is 0. The number of hydrogen-bond donors (Lipinski definition) is 2. The molecular weight excluding hydrogens is 162 g/mol. The van der Waals surface area contributed by atoms with Crippen molar-refractivity contribution in [2.75, 3.05) is 13.6 Å². The molecule has 0 spiro atoms. The number of halogens is 1. The molecule has 1 aliphatic heterocycles. The first-order chi connectivity index (χ1) is 4.74. The van der Waals surface area contributed by atoms with Crippen molar-refractivity contribution >= 4 is 12.4 Å². The summed E-state index contributed by atoms with van der Waals surface area (Å²) in [7, 11) is 2.16. The van der Waals surface area contributed by atoms with Gasteiger partial charge in [0, 0.05) is 12.1 Å². The van der Waals surface area contributed by atoms with Crippen LogP contribution in [0.1, 0.15) is 19.8 Å². The highest BCUT2D eigenvalue weighted by Gasteiger charge is 2.20. The quantitative estimate of drug-likeness (QED) is 0.451. The largest absolute Gasteiger partial charge is 0.304 e. The van der Waals surface area contributed by atoms with E-state index in [1.165, 1.54) is 12.8 Å². The number of nitrogens with one attached hydrogen (secondary N) is 1. The molecule has 4 heteroatoms. The van der Waals surface area contributed by atoms with E-state index in [1.54, 1.807) is 0 Å². The summed E-state index contributed by atoms with van der Waals surface area (Å²) in [6.07, 6.45) is 2.35. The number of piperidine rings is 1. The van der Waals surface area contributed by atoms with E-state index in [9.17, 15) is 0 Å². The Balaban J connectivity index is 0.000001000. The van der Waals surface area contributed by atoms with Gasteiger partial charge < -0.3 is 4.90 Å². The minimum Gasteiger partial charge on any atom is -0.304 e. The van der Waals surface area contributed by atoms with Crippen LogP contribution >= 0.6 is 12.4 Å². The van der Waals surface area contributed by atoms with Crippen molar-refractivity contribution < 1.29 is 0 Å². The first-order valence-electron chi connectivity index (χ1n) is 3.90. The second-order valence-corrected chi connectivity index (χ2v) is 3.22. The Morgan fingerprint density at radius 3 is 2.64 bits per heavy atom. The molecule has 0 radical (unpaired) electrons. The molecule has 3 N–H and O–H groups in total. The highest BCUT2D eigenvalue weighted by Crippen LogP contribution is 2.13. The number of hydrogen-bond acceptors (Lipinski definition) is 3. The highest BCUT2D eigenvalue weighted by atomic mass is 35.5. The van der Waals surface area contributed by atoms with Gasteiger partial charge in [0.15, 0.2) is 0 Å². The topological polar surface area (TPSA) is 41.3 Å². The molecule has 0 aliphatic carbocycles. The Morgan fingerprint density at radius 2 is 2.18 bits per heavy atom. The van der Waals surface area contributed by atoms with E-state index in [4.69, 9.17) is 5.84 Å². The van der Waals surface area contributed by atoms with E-state index in [0.29, 0.717) is 12.1 Å². The maximum Gasteiger partial charge on any atom is 0.0237 e. The minimum atomic E-state index is 0. The third-order valence-corrected chi connectivity index (χ3v) is 2.44. The molecule has 2 atom stereocenters. The molecule has 1 heterocycles. The van der Waals surface area contributed by atoms with Crippen molar-refractivity contribution in [3.05, 3.63) is 0 Å². The molecular formula is C7H18ClN3. The molecule has 1 fully saturated rings. The Hall–Kier alpha value is 0.170. The first kappa shape index (κ1) is 11.2. The predicted molar refractivity (Wildman–Crippen MR) is 49.7 cm³/mol. The van der Waals surface area contributed by atoms with Crippen LogP contribution in [0, 0.1) is 0 Å². The van der Waals surface area contributed by atoms with Crippen molar-refractivity contribution in [2.45, 2.75) is 31.8 Å².